The minimum Gasteiger partial charge on any atom is -0.346 e. The predicted octanol–water partition coefficient (Wildman–Crippen LogP) is 0.338. The lowest BCUT2D eigenvalue weighted by atomic mass is 10.4. The number of Topliss-reactive ketones (excluding diaryl/α,β-unsaturated/α-hetero) is 1. The Morgan fingerprint density at radius 2 is 2.00 bits per heavy atom. The van der Waals surface area contributed by atoms with Crippen molar-refractivity contribution in [2.24, 2.45) is 0 Å². The molecule has 1 aliphatic heterocycles. The summed E-state index contributed by atoms with van der Waals surface area (Å²) in [6, 6.07) is 0. The molecule has 1 rings (SSSR count). The van der Waals surface area contributed by atoms with Crippen LogP contribution >= 0.6 is 0 Å². The van der Waals surface area contributed by atoms with Crippen LogP contribution in [0.1, 0.15) is 13.3 Å². The highest BCUT2D eigenvalue weighted by Gasteiger charge is 2.17. The minimum absolute atomic E-state index is 0.0466. The van der Waals surface area contributed by atoms with Gasteiger partial charge in [-0.2, -0.15) is 0 Å². The minimum atomic E-state index is -0.584. The Bertz CT molecular complexity index is 105. The summed E-state index contributed by atoms with van der Waals surface area (Å²) in [5.74, 6) is -0.0466. The fraction of sp³-hybridized carbons (Fsp3) is 0.833. The Hall–Kier alpha value is -0.410. The summed E-state index contributed by atoms with van der Waals surface area (Å²) in [5.41, 5.74) is 0. The average Bonchev–Trinajstić information content (AvgIpc) is 1.90. The quantitative estimate of drug-likeness (QED) is 0.513. The van der Waals surface area contributed by atoms with Crippen LogP contribution in [0.15, 0.2) is 0 Å². The van der Waals surface area contributed by atoms with Crippen LogP contribution in [0, 0.1) is 0 Å². The number of hydrogen-bond donors (Lipinski definition) is 0. The highest BCUT2D eigenvalue weighted by Crippen LogP contribution is 2.04. The van der Waals surface area contributed by atoms with Gasteiger partial charge in [-0.05, 0) is 13.3 Å². The predicted molar refractivity (Wildman–Crippen MR) is 31.0 cm³/mol. The molecular formula is C6H10O3. The second-order valence-electron chi connectivity index (χ2n) is 2.04. The van der Waals surface area contributed by atoms with Crippen molar-refractivity contribution in [3.05, 3.63) is 0 Å². The van der Waals surface area contributed by atoms with Crippen molar-refractivity contribution in [2.75, 3.05) is 13.2 Å². The summed E-state index contributed by atoms with van der Waals surface area (Å²) in [6.07, 6.45) is 0.308. The summed E-state index contributed by atoms with van der Waals surface area (Å²) in [5, 5.41) is 0. The summed E-state index contributed by atoms with van der Waals surface area (Å²) in [4.78, 5) is 10.5. The molecule has 0 unspecified atom stereocenters. The van der Waals surface area contributed by atoms with Crippen molar-refractivity contribution in [1.82, 2.24) is 0 Å². The van der Waals surface area contributed by atoms with Gasteiger partial charge >= 0.3 is 0 Å². The monoisotopic (exact) mass is 130 g/mol. The van der Waals surface area contributed by atoms with Crippen LogP contribution in [0.4, 0.5) is 0 Å². The van der Waals surface area contributed by atoms with Gasteiger partial charge in [0.05, 0.1) is 13.2 Å². The first-order valence-electron chi connectivity index (χ1n) is 3.04. The van der Waals surface area contributed by atoms with E-state index < -0.39 is 6.29 Å². The topological polar surface area (TPSA) is 35.5 Å². The molecule has 0 saturated carbocycles. The van der Waals surface area contributed by atoms with Gasteiger partial charge in [0.2, 0.25) is 6.29 Å². The van der Waals surface area contributed by atoms with E-state index in [1.165, 1.54) is 6.92 Å². The summed E-state index contributed by atoms with van der Waals surface area (Å²) >= 11 is 0. The molecule has 3 nitrogen and oxygen atoms in total. The van der Waals surface area contributed by atoms with E-state index >= 15 is 0 Å². The third-order valence-electron chi connectivity index (χ3n) is 1.16. The van der Waals surface area contributed by atoms with Gasteiger partial charge in [0.25, 0.3) is 0 Å². The van der Waals surface area contributed by atoms with Crippen LogP contribution in [0.25, 0.3) is 0 Å². The van der Waals surface area contributed by atoms with Gasteiger partial charge in [-0.3, -0.25) is 4.79 Å². The Balaban J connectivity index is 2.31. The van der Waals surface area contributed by atoms with E-state index in [9.17, 15) is 4.79 Å². The molecule has 1 fully saturated rings. The normalized spacial score (nSPS) is 21.9. The van der Waals surface area contributed by atoms with Crippen LogP contribution < -0.4 is 0 Å². The second-order valence-corrected chi connectivity index (χ2v) is 2.04. The zero-order valence-electron chi connectivity index (χ0n) is 5.42. The Morgan fingerprint density at radius 1 is 1.44 bits per heavy atom. The van der Waals surface area contributed by atoms with Gasteiger partial charge in [0.1, 0.15) is 0 Å². The smallest absolute Gasteiger partial charge is 0.217 e. The van der Waals surface area contributed by atoms with Gasteiger partial charge in [0.15, 0.2) is 5.78 Å². The van der Waals surface area contributed by atoms with Crippen LogP contribution in [0.3, 0.4) is 0 Å². The maximum Gasteiger partial charge on any atom is 0.217 e. The number of carbonyl (C=O) groups excluding carboxylic acids is 1. The van der Waals surface area contributed by atoms with Gasteiger partial charge in [-0.25, -0.2) is 0 Å². The fourth-order valence-electron chi connectivity index (χ4n) is 0.722. The van der Waals surface area contributed by atoms with Gasteiger partial charge < -0.3 is 9.47 Å². The Morgan fingerprint density at radius 3 is 2.33 bits per heavy atom. The molecule has 0 bridgehead atoms. The zero-order valence-corrected chi connectivity index (χ0v) is 5.42. The van der Waals surface area contributed by atoms with E-state index in [0.717, 1.165) is 6.42 Å². The second kappa shape index (κ2) is 2.94. The molecule has 3 heteroatoms. The molecule has 0 aromatic heterocycles. The van der Waals surface area contributed by atoms with E-state index in [2.05, 4.69) is 0 Å². The molecule has 0 aromatic rings. The lowest BCUT2D eigenvalue weighted by Crippen LogP contribution is -2.30. The lowest BCUT2D eigenvalue weighted by Gasteiger charge is -2.20. The number of ketones is 1. The van der Waals surface area contributed by atoms with Crippen LogP contribution in [0.5, 0.6) is 0 Å². The molecule has 0 amide bonds. The molecule has 0 atom stereocenters. The SMILES string of the molecule is CC(=O)C1OCCCO1. The van der Waals surface area contributed by atoms with Gasteiger partial charge in [-0.15, -0.1) is 0 Å². The van der Waals surface area contributed by atoms with Crippen molar-refractivity contribution in [2.45, 2.75) is 19.6 Å². The molecule has 1 saturated heterocycles. The number of ether oxygens (including phenoxy) is 2. The molecule has 0 N–H and O–H groups in total. The van der Waals surface area contributed by atoms with Gasteiger partial charge in [-0.1, -0.05) is 0 Å². The van der Waals surface area contributed by atoms with E-state index in [1.807, 2.05) is 0 Å². The summed E-state index contributed by atoms with van der Waals surface area (Å²) < 4.78 is 9.94. The van der Waals surface area contributed by atoms with E-state index in [1.54, 1.807) is 0 Å². The van der Waals surface area contributed by atoms with Crippen LogP contribution in [-0.4, -0.2) is 25.3 Å². The van der Waals surface area contributed by atoms with Crippen molar-refractivity contribution in [3.8, 4) is 0 Å². The summed E-state index contributed by atoms with van der Waals surface area (Å²) in [6.45, 7) is 2.75. The fourth-order valence-corrected chi connectivity index (χ4v) is 0.722. The summed E-state index contributed by atoms with van der Waals surface area (Å²) in [7, 11) is 0. The van der Waals surface area contributed by atoms with Crippen molar-refractivity contribution >= 4 is 5.78 Å². The molecule has 0 aromatic carbocycles. The van der Waals surface area contributed by atoms with Crippen molar-refractivity contribution in [3.63, 3.8) is 0 Å². The van der Waals surface area contributed by atoms with E-state index in [-0.39, 0.29) is 5.78 Å². The maximum absolute atomic E-state index is 10.5. The average molecular weight is 130 g/mol. The third-order valence-corrected chi connectivity index (χ3v) is 1.16. The molecule has 9 heavy (non-hydrogen) atoms. The Labute approximate surface area is 53.9 Å². The maximum atomic E-state index is 10.5. The van der Waals surface area contributed by atoms with Crippen molar-refractivity contribution < 1.29 is 14.3 Å². The van der Waals surface area contributed by atoms with Gasteiger partial charge in [0, 0.05) is 0 Å². The molecule has 52 valence electrons. The lowest BCUT2D eigenvalue weighted by molar-refractivity contribution is -0.186. The highest BCUT2D eigenvalue weighted by molar-refractivity contribution is 5.79. The molecule has 1 heterocycles. The van der Waals surface area contributed by atoms with E-state index in [0.29, 0.717) is 13.2 Å². The third kappa shape index (κ3) is 1.77. The molecule has 0 spiro atoms. The first-order valence-corrected chi connectivity index (χ1v) is 3.04. The zero-order chi connectivity index (χ0) is 6.69. The number of hydrogen-bond acceptors (Lipinski definition) is 3. The molecule has 0 aliphatic carbocycles. The highest BCUT2D eigenvalue weighted by atomic mass is 16.7. The molecule has 1 aliphatic rings. The standard InChI is InChI=1S/C6H10O3/c1-5(7)6-8-3-2-4-9-6/h6H,2-4H2,1H3. The first-order chi connectivity index (χ1) is 4.30. The molecular weight excluding hydrogens is 120 g/mol. The van der Waals surface area contributed by atoms with Crippen molar-refractivity contribution in [1.29, 1.82) is 0 Å². The Kier molecular flexibility index (Phi) is 2.19. The first kappa shape index (κ1) is 6.71. The largest absolute Gasteiger partial charge is 0.346 e. The van der Waals surface area contributed by atoms with Crippen LogP contribution in [-0.2, 0) is 14.3 Å². The number of rotatable bonds is 1. The van der Waals surface area contributed by atoms with E-state index in [4.69, 9.17) is 9.47 Å². The van der Waals surface area contributed by atoms with Crippen LogP contribution in [0.2, 0.25) is 0 Å². The number of carbonyl (C=O) groups is 1. The molecule has 0 radical (unpaired) electrons.